The van der Waals surface area contributed by atoms with Crippen molar-refractivity contribution < 1.29 is 14.3 Å². The van der Waals surface area contributed by atoms with Gasteiger partial charge in [0.25, 0.3) is 0 Å². The van der Waals surface area contributed by atoms with Crippen LogP contribution in [0, 0.1) is 11.3 Å². The number of carbonyl (C=O) groups is 1. The van der Waals surface area contributed by atoms with Crippen LogP contribution in [0.5, 0.6) is 0 Å². The average molecular weight is 301 g/mol. The summed E-state index contributed by atoms with van der Waals surface area (Å²) in [5, 5.41) is 8.82. The Morgan fingerprint density at radius 3 is 2.50 bits per heavy atom. The van der Waals surface area contributed by atoms with E-state index in [9.17, 15) is 4.79 Å². The highest BCUT2D eigenvalue weighted by atomic mass is 16.7. The molecule has 0 spiro atoms. The number of ether oxygens (including phenoxy) is 2. The second kappa shape index (κ2) is 8.43. The van der Waals surface area contributed by atoms with Crippen molar-refractivity contribution in [3.8, 4) is 6.07 Å². The number of hydrogen-bond acceptors (Lipinski definition) is 4. The van der Waals surface area contributed by atoms with Gasteiger partial charge in [0.2, 0.25) is 0 Å². The van der Waals surface area contributed by atoms with Crippen molar-refractivity contribution in [3.63, 3.8) is 0 Å². The van der Waals surface area contributed by atoms with Crippen molar-refractivity contribution in [2.45, 2.75) is 57.5 Å². The standard InChI is InChI=1S/C18H23NO3/c1-2-3-12-21-18(20)22-17-10-8-16(9-11-17)15-6-4-14(13-19)5-7-15/h4-7,16-17H,2-3,8-12H2,1H3. The molecule has 1 saturated carbocycles. The van der Waals surface area contributed by atoms with Gasteiger partial charge in [-0.25, -0.2) is 4.79 Å². The van der Waals surface area contributed by atoms with Crippen LogP contribution < -0.4 is 0 Å². The molecule has 22 heavy (non-hydrogen) atoms. The number of nitriles is 1. The Balaban J connectivity index is 1.75. The number of rotatable bonds is 5. The molecule has 4 heteroatoms. The lowest BCUT2D eigenvalue weighted by atomic mass is 9.82. The predicted molar refractivity (Wildman–Crippen MR) is 83.5 cm³/mol. The molecule has 0 amide bonds. The quantitative estimate of drug-likeness (QED) is 0.592. The Morgan fingerprint density at radius 1 is 1.23 bits per heavy atom. The summed E-state index contributed by atoms with van der Waals surface area (Å²) < 4.78 is 10.4. The first-order chi connectivity index (χ1) is 10.7. The summed E-state index contributed by atoms with van der Waals surface area (Å²) >= 11 is 0. The second-order valence-electron chi connectivity index (χ2n) is 5.78. The van der Waals surface area contributed by atoms with E-state index >= 15 is 0 Å². The minimum absolute atomic E-state index is 0.0243. The first-order valence-electron chi connectivity index (χ1n) is 8.06. The zero-order valence-corrected chi connectivity index (χ0v) is 13.1. The molecular formula is C18H23NO3. The van der Waals surface area contributed by atoms with E-state index in [2.05, 4.69) is 13.0 Å². The van der Waals surface area contributed by atoms with Crippen LogP contribution in [0.15, 0.2) is 24.3 Å². The molecule has 0 saturated heterocycles. The highest BCUT2D eigenvalue weighted by molar-refractivity contribution is 5.60. The van der Waals surface area contributed by atoms with Gasteiger partial charge in [-0.3, -0.25) is 0 Å². The maximum Gasteiger partial charge on any atom is 0.508 e. The fourth-order valence-electron chi connectivity index (χ4n) is 2.81. The van der Waals surface area contributed by atoms with Gasteiger partial charge in [-0.1, -0.05) is 25.5 Å². The molecule has 0 unspecified atom stereocenters. The Morgan fingerprint density at radius 2 is 1.91 bits per heavy atom. The fraction of sp³-hybridized carbons (Fsp3) is 0.556. The van der Waals surface area contributed by atoms with Gasteiger partial charge < -0.3 is 9.47 Å². The van der Waals surface area contributed by atoms with E-state index in [1.807, 2.05) is 24.3 Å². The van der Waals surface area contributed by atoms with Gasteiger partial charge in [-0.15, -0.1) is 0 Å². The molecule has 118 valence electrons. The average Bonchev–Trinajstić information content (AvgIpc) is 2.56. The van der Waals surface area contributed by atoms with Crippen LogP contribution in [0.25, 0.3) is 0 Å². The number of hydrogen-bond donors (Lipinski definition) is 0. The lowest BCUT2D eigenvalue weighted by Gasteiger charge is -2.28. The zero-order valence-electron chi connectivity index (χ0n) is 13.1. The first kappa shape index (κ1) is 16.4. The van der Waals surface area contributed by atoms with Crippen molar-refractivity contribution in [1.29, 1.82) is 5.26 Å². The molecule has 4 nitrogen and oxygen atoms in total. The predicted octanol–water partition coefficient (Wildman–Crippen LogP) is 4.54. The normalized spacial score (nSPS) is 20.9. The zero-order chi connectivity index (χ0) is 15.8. The first-order valence-corrected chi connectivity index (χ1v) is 8.06. The molecule has 1 aromatic carbocycles. The summed E-state index contributed by atoms with van der Waals surface area (Å²) in [6, 6.07) is 9.93. The number of carbonyl (C=O) groups excluding carboxylic acids is 1. The Bertz CT molecular complexity index is 510. The van der Waals surface area contributed by atoms with Crippen LogP contribution in [0.4, 0.5) is 4.79 Å². The third-order valence-electron chi connectivity index (χ3n) is 4.17. The molecule has 1 fully saturated rings. The van der Waals surface area contributed by atoms with Gasteiger partial charge in [-0.05, 0) is 55.7 Å². The van der Waals surface area contributed by atoms with Crippen molar-refractivity contribution in [3.05, 3.63) is 35.4 Å². The summed E-state index contributed by atoms with van der Waals surface area (Å²) in [5.41, 5.74) is 1.96. The molecule has 0 heterocycles. The maximum atomic E-state index is 11.5. The molecule has 0 atom stereocenters. The van der Waals surface area contributed by atoms with Crippen molar-refractivity contribution in [2.24, 2.45) is 0 Å². The maximum absolute atomic E-state index is 11.5. The highest BCUT2D eigenvalue weighted by Gasteiger charge is 2.25. The Labute approximate surface area is 132 Å². The molecular weight excluding hydrogens is 278 g/mol. The molecule has 1 aromatic rings. The van der Waals surface area contributed by atoms with Gasteiger partial charge in [0.1, 0.15) is 6.10 Å². The summed E-state index contributed by atoms with van der Waals surface area (Å²) in [4.78, 5) is 11.5. The molecule has 2 rings (SSSR count). The van der Waals surface area contributed by atoms with Crippen LogP contribution in [0.1, 0.15) is 62.5 Å². The van der Waals surface area contributed by atoms with Gasteiger partial charge in [0.05, 0.1) is 18.2 Å². The van der Waals surface area contributed by atoms with Gasteiger partial charge in [0.15, 0.2) is 0 Å². The molecule has 1 aliphatic carbocycles. The summed E-state index contributed by atoms with van der Waals surface area (Å²) in [6.07, 6.45) is 5.06. The summed E-state index contributed by atoms with van der Waals surface area (Å²) in [7, 11) is 0. The Hall–Kier alpha value is -2.02. The number of unbranched alkanes of at least 4 members (excludes halogenated alkanes) is 1. The van der Waals surface area contributed by atoms with Gasteiger partial charge >= 0.3 is 6.16 Å². The van der Waals surface area contributed by atoms with Crippen LogP contribution in [-0.2, 0) is 9.47 Å². The van der Waals surface area contributed by atoms with E-state index in [-0.39, 0.29) is 6.10 Å². The van der Waals surface area contributed by atoms with E-state index in [4.69, 9.17) is 14.7 Å². The van der Waals surface area contributed by atoms with E-state index in [0.717, 1.165) is 38.5 Å². The van der Waals surface area contributed by atoms with E-state index in [1.165, 1.54) is 5.56 Å². The lowest BCUT2D eigenvalue weighted by molar-refractivity contribution is 0.00883. The van der Waals surface area contributed by atoms with Gasteiger partial charge in [-0.2, -0.15) is 5.26 Å². The number of benzene rings is 1. The van der Waals surface area contributed by atoms with Crippen LogP contribution in [0.3, 0.4) is 0 Å². The monoisotopic (exact) mass is 301 g/mol. The largest absolute Gasteiger partial charge is 0.508 e. The van der Waals surface area contributed by atoms with E-state index in [1.54, 1.807) is 0 Å². The molecule has 0 N–H and O–H groups in total. The molecule has 0 aliphatic heterocycles. The van der Waals surface area contributed by atoms with Crippen LogP contribution in [0.2, 0.25) is 0 Å². The Kier molecular flexibility index (Phi) is 6.27. The van der Waals surface area contributed by atoms with Crippen molar-refractivity contribution in [1.82, 2.24) is 0 Å². The summed E-state index contributed by atoms with van der Waals surface area (Å²) in [5.74, 6) is 0.490. The third-order valence-corrected chi connectivity index (χ3v) is 4.17. The van der Waals surface area contributed by atoms with Crippen molar-refractivity contribution in [2.75, 3.05) is 6.61 Å². The highest BCUT2D eigenvalue weighted by Crippen LogP contribution is 2.34. The molecule has 0 radical (unpaired) electrons. The second-order valence-corrected chi connectivity index (χ2v) is 5.78. The summed E-state index contributed by atoms with van der Waals surface area (Å²) in [6.45, 7) is 2.50. The third kappa shape index (κ3) is 4.77. The number of nitrogens with zero attached hydrogens (tertiary/aromatic N) is 1. The molecule has 1 aliphatic rings. The topological polar surface area (TPSA) is 59.3 Å². The molecule has 0 aromatic heterocycles. The minimum atomic E-state index is -0.532. The van der Waals surface area contributed by atoms with E-state index in [0.29, 0.717) is 18.1 Å². The molecule has 0 bridgehead atoms. The lowest BCUT2D eigenvalue weighted by Crippen LogP contribution is -2.24. The van der Waals surface area contributed by atoms with Gasteiger partial charge in [0, 0.05) is 0 Å². The van der Waals surface area contributed by atoms with Crippen molar-refractivity contribution >= 4 is 6.16 Å². The SMILES string of the molecule is CCCCOC(=O)OC1CCC(c2ccc(C#N)cc2)CC1. The van der Waals surface area contributed by atoms with Crippen LogP contribution in [-0.4, -0.2) is 18.9 Å². The smallest absolute Gasteiger partial charge is 0.434 e. The van der Waals surface area contributed by atoms with Crippen LogP contribution >= 0.6 is 0 Å². The minimum Gasteiger partial charge on any atom is -0.434 e. The fourth-order valence-corrected chi connectivity index (χ4v) is 2.81. The van der Waals surface area contributed by atoms with E-state index < -0.39 is 6.16 Å².